The van der Waals surface area contributed by atoms with Gasteiger partial charge in [0.1, 0.15) is 17.1 Å². The molecular weight excluding hydrogens is 590 g/mol. The highest BCUT2D eigenvalue weighted by molar-refractivity contribution is 8.08. The lowest BCUT2D eigenvalue weighted by Gasteiger charge is -2.38. The van der Waals surface area contributed by atoms with Gasteiger partial charge in [0.15, 0.2) is 6.10 Å². The molecule has 208 valence electrons. The predicted molar refractivity (Wildman–Crippen MR) is 158 cm³/mol. The van der Waals surface area contributed by atoms with Crippen LogP contribution in [-0.4, -0.2) is 57.8 Å². The maximum atomic E-state index is 13.7. The molecule has 40 heavy (non-hydrogen) atoms. The van der Waals surface area contributed by atoms with Gasteiger partial charge in [0.05, 0.1) is 17.0 Å². The Kier molecular flexibility index (Phi) is 8.04. The molecule has 0 bridgehead atoms. The Labute approximate surface area is 247 Å². The fraction of sp³-hybridized carbons (Fsp3) is 0.250. The van der Waals surface area contributed by atoms with Crippen molar-refractivity contribution in [1.82, 2.24) is 8.61 Å². The third-order valence-electron chi connectivity index (χ3n) is 6.66. The van der Waals surface area contributed by atoms with Crippen molar-refractivity contribution in [3.8, 4) is 0 Å². The molecule has 2 aliphatic heterocycles. The number of nitrogens with zero attached hydrogens (tertiary/aromatic N) is 3. The summed E-state index contributed by atoms with van der Waals surface area (Å²) in [7, 11) is -2.50. The van der Waals surface area contributed by atoms with Gasteiger partial charge >= 0.3 is 5.97 Å². The van der Waals surface area contributed by atoms with Crippen LogP contribution in [0.2, 0.25) is 5.02 Å². The lowest BCUT2D eigenvalue weighted by Crippen LogP contribution is -2.63. The second kappa shape index (κ2) is 11.2. The van der Waals surface area contributed by atoms with Crippen LogP contribution in [0.1, 0.15) is 31.1 Å². The summed E-state index contributed by atoms with van der Waals surface area (Å²) in [6.07, 6.45) is -0.637. The smallest absolute Gasteiger partial charge is 0.331 e. The van der Waals surface area contributed by atoms with Crippen molar-refractivity contribution in [2.75, 3.05) is 7.05 Å². The fourth-order valence-corrected chi connectivity index (χ4v) is 8.18. The number of hydrogen-bond acceptors (Lipinski definition) is 8. The molecule has 1 amide bonds. The average Bonchev–Trinajstić information content (AvgIpc) is 3.20. The van der Waals surface area contributed by atoms with E-state index in [9.17, 15) is 18.0 Å². The standard InChI is InChI=1S/C28H26ClN3O5S3/c1-28(2)24(27(34)37-23(18-10-6-4-7-11-18)19-12-8-5-9-13-19)32-25(33)22(26(32)38-28)30-39-31(3)40(35,36)21-16-14-20(29)15-17-21/h4-17,23-24,26H,1-3H3/b30-22+/t24-,26+/m0/s1. The maximum Gasteiger partial charge on any atom is 0.331 e. The summed E-state index contributed by atoms with van der Waals surface area (Å²) in [4.78, 5) is 28.4. The van der Waals surface area contributed by atoms with Crippen LogP contribution in [0.5, 0.6) is 0 Å². The van der Waals surface area contributed by atoms with Crippen LogP contribution in [0.3, 0.4) is 0 Å². The first-order valence-corrected chi connectivity index (χ1v) is 15.7. The van der Waals surface area contributed by atoms with Gasteiger partial charge in [-0.05, 0) is 49.2 Å². The van der Waals surface area contributed by atoms with E-state index in [1.54, 1.807) is 0 Å². The van der Waals surface area contributed by atoms with Gasteiger partial charge in [-0.2, -0.15) is 4.40 Å². The molecule has 2 heterocycles. The SMILES string of the molecule is CN(S/N=C1\C(=O)N2[C@@H]1SC(C)(C)[C@@H]2C(=O)OC(c1ccccc1)c1ccccc1)S(=O)(=O)c1ccc(Cl)cc1. The summed E-state index contributed by atoms with van der Waals surface area (Å²) in [5.74, 6) is -0.939. The number of sulfonamides is 1. The van der Waals surface area contributed by atoms with Gasteiger partial charge in [0.2, 0.25) is 0 Å². The molecule has 0 spiro atoms. The molecule has 3 aromatic carbocycles. The molecule has 12 heteroatoms. The molecule has 2 saturated heterocycles. The highest BCUT2D eigenvalue weighted by Gasteiger charge is 2.63. The number of carbonyl (C=O) groups excluding carboxylic acids is 2. The maximum absolute atomic E-state index is 13.7. The van der Waals surface area contributed by atoms with Crippen LogP contribution < -0.4 is 0 Å². The van der Waals surface area contributed by atoms with Crippen molar-refractivity contribution in [3.63, 3.8) is 0 Å². The quantitative estimate of drug-likeness (QED) is 0.191. The summed E-state index contributed by atoms with van der Waals surface area (Å²) >= 11 is 7.95. The molecule has 0 aliphatic carbocycles. The van der Waals surface area contributed by atoms with Gasteiger partial charge in [-0.15, -0.1) is 15.5 Å². The topological polar surface area (TPSA) is 96.3 Å². The van der Waals surface area contributed by atoms with Gasteiger partial charge in [0.25, 0.3) is 15.9 Å². The van der Waals surface area contributed by atoms with Crippen LogP contribution in [0.4, 0.5) is 0 Å². The van der Waals surface area contributed by atoms with Crippen molar-refractivity contribution in [3.05, 3.63) is 101 Å². The molecule has 2 aliphatic rings. The number of amides is 1. The Bertz CT molecular complexity index is 1510. The van der Waals surface area contributed by atoms with E-state index >= 15 is 0 Å². The second-order valence-corrected chi connectivity index (χ2v) is 15.0. The lowest BCUT2D eigenvalue weighted by atomic mass is 9.96. The van der Waals surface area contributed by atoms with E-state index in [0.29, 0.717) is 17.2 Å². The van der Waals surface area contributed by atoms with E-state index < -0.39 is 44.2 Å². The van der Waals surface area contributed by atoms with E-state index in [4.69, 9.17) is 16.3 Å². The van der Waals surface area contributed by atoms with E-state index in [-0.39, 0.29) is 10.6 Å². The number of rotatable bonds is 8. The Morgan fingerprint density at radius 2 is 1.57 bits per heavy atom. The minimum Gasteiger partial charge on any atom is -0.451 e. The molecular formula is C28H26ClN3O5S3. The van der Waals surface area contributed by atoms with Crippen molar-refractivity contribution >= 4 is 63.1 Å². The van der Waals surface area contributed by atoms with Crippen molar-refractivity contribution in [2.45, 2.75) is 41.0 Å². The molecule has 0 saturated carbocycles. The normalized spacial score (nSPS) is 21.0. The minimum atomic E-state index is -3.86. The molecule has 3 aromatic rings. The molecule has 0 N–H and O–H groups in total. The van der Waals surface area contributed by atoms with Crippen LogP contribution >= 0.6 is 35.5 Å². The molecule has 0 unspecified atom stereocenters. The molecule has 5 rings (SSSR count). The summed E-state index contributed by atoms with van der Waals surface area (Å²) in [6.45, 7) is 3.77. The van der Waals surface area contributed by atoms with Gasteiger partial charge < -0.3 is 9.64 Å². The van der Waals surface area contributed by atoms with Crippen LogP contribution in [-0.2, 0) is 24.3 Å². The third kappa shape index (κ3) is 5.40. The Morgan fingerprint density at radius 3 is 2.12 bits per heavy atom. The monoisotopic (exact) mass is 615 g/mol. The zero-order valence-electron chi connectivity index (χ0n) is 21.8. The minimum absolute atomic E-state index is 0.0548. The Balaban J connectivity index is 1.33. The number of ether oxygens (including phenoxy) is 1. The molecule has 8 nitrogen and oxygen atoms in total. The van der Waals surface area contributed by atoms with Gasteiger partial charge in [-0.3, -0.25) is 4.79 Å². The Morgan fingerprint density at radius 1 is 1.02 bits per heavy atom. The lowest BCUT2D eigenvalue weighted by molar-refractivity contribution is -0.158. The van der Waals surface area contributed by atoms with Crippen LogP contribution in [0.25, 0.3) is 0 Å². The fourth-order valence-electron chi connectivity index (χ4n) is 4.61. The highest BCUT2D eigenvalue weighted by Crippen LogP contribution is 2.50. The Hall–Kier alpha value is -2.83. The molecule has 0 radical (unpaired) electrons. The van der Waals surface area contributed by atoms with Crippen molar-refractivity contribution in [2.24, 2.45) is 4.40 Å². The first-order valence-electron chi connectivity index (χ1n) is 12.3. The van der Waals surface area contributed by atoms with Gasteiger partial charge in [0, 0.05) is 16.8 Å². The molecule has 2 atom stereocenters. The highest BCUT2D eigenvalue weighted by atomic mass is 35.5. The third-order valence-corrected chi connectivity index (χ3v) is 11.3. The predicted octanol–water partition coefficient (Wildman–Crippen LogP) is 5.36. The summed E-state index contributed by atoms with van der Waals surface area (Å²) in [5.41, 5.74) is 1.83. The van der Waals surface area contributed by atoms with E-state index in [1.165, 1.54) is 48.0 Å². The molecule has 2 fully saturated rings. The second-order valence-electron chi connectivity index (χ2n) is 9.75. The van der Waals surface area contributed by atoms with Crippen molar-refractivity contribution in [1.29, 1.82) is 0 Å². The number of benzene rings is 3. The largest absolute Gasteiger partial charge is 0.451 e. The summed E-state index contributed by atoms with van der Waals surface area (Å²) in [5, 5.41) is -0.0754. The number of thioether (sulfide) groups is 1. The van der Waals surface area contributed by atoms with Gasteiger partial charge in [-0.25, -0.2) is 13.2 Å². The zero-order valence-corrected chi connectivity index (χ0v) is 25.0. The van der Waals surface area contributed by atoms with Crippen LogP contribution in [0, 0.1) is 0 Å². The number of fused-ring (bicyclic) bond motifs is 1. The first kappa shape index (κ1) is 28.7. The number of hydrogen-bond donors (Lipinski definition) is 0. The number of β-lactam (4-membered cyclic amide) rings is 1. The summed E-state index contributed by atoms with van der Waals surface area (Å²) in [6, 6.07) is 23.8. The number of halogens is 1. The zero-order chi connectivity index (χ0) is 28.7. The number of esters is 1. The van der Waals surface area contributed by atoms with Gasteiger partial charge in [-0.1, -0.05) is 72.3 Å². The summed E-state index contributed by atoms with van der Waals surface area (Å²) < 4.78 is 36.4. The van der Waals surface area contributed by atoms with E-state index in [0.717, 1.165) is 14.8 Å². The first-order chi connectivity index (χ1) is 19.0. The van der Waals surface area contributed by atoms with E-state index in [1.807, 2.05) is 74.5 Å². The van der Waals surface area contributed by atoms with Crippen LogP contribution in [0.15, 0.2) is 94.2 Å². The number of carbonyl (C=O) groups is 2. The van der Waals surface area contributed by atoms with E-state index in [2.05, 4.69) is 4.40 Å². The van der Waals surface area contributed by atoms with Crippen molar-refractivity contribution < 1.29 is 22.7 Å². The average molecular weight is 616 g/mol. The molecule has 0 aromatic heterocycles.